The van der Waals surface area contributed by atoms with E-state index in [-0.39, 0.29) is 18.2 Å². The molecule has 2 atom stereocenters. The van der Waals surface area contributed by atoms with Gasteiger partial charge in [-0.15, -0.1) is 0 Å². The molecule has 0 saturated carbocycles. The molecule has 2 aliphatic heterocycles. The quantitative estimate of drug-likeness (QED) is 0.780. The Morgan fingerprint density at radius 2 is 1.74 bits per heavy atom. The van der Waals surface area contributed by atoms with E-state index in [1.165, 1.54) is 0 Å². The van der Waals surface area contributed by atoms with Crippen molar-refractivity contribution in [2.45, 2.75) is 68.5 Å². The van der Waals surface area contributed by atoms with Gasteiger partial charge in [0.2, 0.25) is 10.0 Å². The number of benzene rings is 1. The summed E-state index contributed by atoms with van der Waals surface area (Å²) in [6.07, 6.45) is 6.74. The van der Waals surface area contributed by atoms with Gasteiger partial charge in [-0.05, 0) is 48.6 Å². The molecule has 1 aromatic heterocycles. The molecule has 4 rings (SSSR count). The summed E-state index contributed by atoms with van der Waals surface area (Å²) in [5.74, 6) is 1.14. The van der Waals surface area contributed by atoms with Gasteiger partial charge in [0, 0.05) is 31.1 Å². The molecule has 2 aromatic rings. The number of rotatable bonds is 5. The minimum Gasteiger partial charge on any atom is -0.489 e. The second-order valence-electron chi connectivity index (χ2n) is 7.84. The van der Waals surface area contributed by atoms with Crippen LogP contribution in [0.2, 0.25) is 0 Å². The first-order valence-electron chi connectivity index (χ1n) is 9.65. The molecule has 0 amide bonds. The van der Waals surface area contributed by atoms with Crippen LogP contribution in [0.1, 0.15) is 51.0 Å². The van der Waals surface area contributed by atoms with Crippen LogP contribution < -0.4 is 4.74 Å². The third kappa shape index (κ3) is 3.60. The molecular weight excluding hydrogens is 360 g/mol. The maximum absolute atomic E-state index is 13.3. The first-order valence-corrected chi connectivity index (χ1v) is 11.1. The fourth-order valence-electron chi connectivity index (χ4n) is 4.33. The zero-order valence-electron chi connectivity index (χ0n) is 15.8. The van der Waals surface area contributed by atoms with Crippen LogP contribution in [-0.4, -0.2) is 35.9 Å². The first-order chi connectivity index (χ1) is 12.9. The van der Waals surface area contributed by atoms with Crippen molar-refractivity contribution in [2.24, 2.45) is 0 Å². The highest BCUT2D eigenvalue weighted by Gasteiger charge is 2.47. The van der Waals surface area contributed by atoms with E-state index in [0.717, 1.165) is 37.0 Å². The predicted octanol–water partition coefficient (Wildman–Crippen LogP) is 3.97. The summed E-state index contributed by atoms with van der Waals surface area (Å²) in [5.41, 5.74) is 1.15. The van der Waals surface area contributed by atoms with Crippen molar-refractivity contribution in [1.29, 1.82) is 0 Å². The van der Waals surface area contributed by atoms with Crippen LogP contribution in [-0.2, 0) is 10.0 Å². The average Bonchev–Trinajstić information content (AvgIpc) is 2.95. The van der Waals surface area contributed by atoms with Crippen LogP contribution in [0.25, 0.3) is 0 Å². The van der Waals surface area contributed by atoms with Crippen LogP contribution >= 0.6 is 0 Å². The maximum atomic E-state index is 13.3. The van der Waals surface area contributed by atoms with E-state index in [0.29, 0.717) is 10.8 Å². The topological polar surface area (TPSA) is 59.5 Å². The minimum atomic E-state index is -3.47. The van der Waals surface area contributed by atoms with Crippen molar-refractivity contribution in [3.8, 4) is 5.75 Å². The van der Waals surface area contributed by atoms with E-state index in [9.17, 15) is 8.42 Å². The zero-order valence-corrected chi connectivity index (χ0v) is 16.6. The van der Waals surface area contributed by atoms with Crippen molar-refractivity contribution in [2.75, 3.05) is 0 Å². The van der Waals surface area contributed by atoms with Crippen molar-refractivity contribution < 1.29 is 13.2 Å². The number of pyridine rings is 1. The fraction of sp³-hybridized carbons (Fsp3) is 0.476. The molecule has 2 saturated heterocycles. The highest BCUT2D eigenvalue weighted by Crippen LogP contribution is 2.41. The van der Waals surface area contributed by atoms with Gasteiger partial charge in [-0.1, -0.05) is 26.0 Å². The van der Waals surface area contributed by atoms with E-state index >= 15 is 0 Å². The molecule has 6 heteroatoms. The minimum absolute atomic E-state index is 0.0141. The number of nitrogens with zero attached hydrogens (tertiary/aromatic N) is 2. The summed E-state index contributed by atoms with van der Waals surface area (Å²) >= 11 is 0. The molecule has 0 spiro atoms. The highest BCUT2D eigenvalue weighted by atomic mass is 32.2. The number of fused-ring (bicyclic) bond motifs is 2. The first kappa shape index (κ1) is 18.4. The lowest BCUT2D eigenvalue weighted by Gasteiger charge is -2.37. The van der Waals surface area contributed by atoms with Crippen molar-refractivity contribution in [3.63, 3.8) is 0 Å². The summed E-state index contributed by atoms with van der Waals surface area (Å²) in [6.45, 7) is 4.22. The van der Waals surface area contributed by atoms with Gasteiger partial charge in [-0.3, -0.25) is 4.98 Å². The summed E-state index contributed by atoms with van der Waals surface area (Å²) < 4.78 is 34.4. The Morgan fingerprint density at radius 1 is 1.07 bits per heavy atom. The van der Waals surface area contributed by atoms with E-state index in [4.69, 9.17) is 4.74 Å². The van der Waals surface area contributed by atoms with Gasteiger partial charge in [-0.25, -0.2) is 8.42 Å². The van der Waals surface area contributed by atoms with Gasteiger partial charge >= 0.3 is 0 Å². The normalized spacial score (nSPS) is 25.7. The van der Waals surface area contributed by atoms with Crippen molar-refractivity contribution >= 4 is 10.0 Å². The summed E-state index contributed by atoms with van der Waals surface area (Å²) in [5, 5.41) is 0. The summed E-state index contributed by atoms with van der Waals surface area (Å²) in [4.78, 5) is 4.48. The van der Waals surface area contributed by atoms with Crippen LogP contribution in [0.3, 0.4) is 0 Å². The molecule has 2 fully saturated rings. The molecule has 5 nitrogen and oxygen atoms in total. The third-order valence-corrected chi connectivity index (χ3v) is 7.70. The Hall–Kier alpha value is -1.92. The lowest BCUT2D eigenvalue weighted by molar-refractivity contribution is 0.0953. The van der Waals surface area contributed by atoms with E-state index in [1.807, 2.05) is 24.3 Å². The van der Waals surface area contributed by atoms with Gasteiger partial charge in [0.15, 0.2) is 0 Å². The Kier molecular flexibility index (Phi) is 4.95. The van der Waals surface area contributed by atoms with E-state index in [1.54, 1.807) is 28.8 Å². The zero-order chi connectivity index (χ0) is 19.0. The van der Waals surface area contributed by atoms with Crippen LogP contribution in [0.4, 0.5) is 0 Å². The predicted molar refractivity (Wildman–Crippen MR) is 104 cm³/mol. The van der Waals surface area contributed by atoms with Crippen molar-refractivity contribution in [1.82, 2.24) is 9.29 Å². The van der Waals surface area contributed by atoms with E-state index < -0.39 is 10.0 Å². The lowest BCUT2D eigenvalue weighted by Crippen LogP contribution is -2.49. The number of hydrogen-bond acceptors (Lipinski definition) is 4. The molecule has 0 N–H and O–H groups in total. The molecule has 3 heterocycles. The second kappa shape index (κ2) is 7.24. The van der Waals surface area contributed by atoms with Gasteiger partial charge in [0.05, 0.1) is 11.1 Å². The van der Waals surface area contributed by atoms with Gasteiger partial charge in [0.25, 0.3) is 0 Å². The molecule has 2 aliphatic rings. The van der Waals surface area contributed by atoms with Gasteiger partial charge < -0.3 is 4.74 Å². The highest BCUT2D eigenvalue weighted by molar-refractivity contribution is 7.89. The van der Waals surface area contributed by atoms with Crippen LogP contribution in [0.15, 0.2) is 53.7 Å². The number of aromatic nitrogens is 1. The summed E-state index contributed by atoms with van der Waals surface area (Å²) in [6, 6.07) is 11.1. The molecular formula is C21H26N2O3S. The number of sulfonamides is 1. The number of hydrogen-bond donors (Lipinski definition) is 0. The third-order valence-electron chi connectivity index (χ3n) is 5.68. The van der Waals surface area contributed by atoms with Gasteiger partial charge in [0.1, 0.15) is 11.9 Å². The lowest BCUT2D eigenvalue weighted by atomic mass is 10.0. The Labute approximate surface area is 161 Å². The Bertz CT molecular complexity index is 867. The maximum Gasteiger partial charge on any atom is 0.243 e. The largest absolute Gasteiger partial charge is 0.489 e. The molecule has 2 unspecified atom stereocenters. The van der Waals surface area contributed by atoms with E-state index in [2.05, 4.69) is 18.8 Å². The molecule has 0 radical (unpaired) electrons. The SMILES string of the molecule is CC(C)c1ccc(S(=O)(=O)N2C3CCC2CC(Oc2cccnc2)C3)cc1. The summed E-state index contributed by atoms with van der Waals surface area (Å²) in [7, 11) is -3.47. The molecule has 0 aliphatic carbocycles. The smallest absolute Gasteiger partial charge is 0.243 e. The van der Waals surface area contributed by atoms with Crippen LogP contribution in [0.5, 0.6) is 5.75 Å². The molecule has 27 heavy (non-hydrogen) atoms. The fourth-order valence-corrected chi connectivity index (χ4v) is 6.22. The molecule has 144 valence electrons. The van der Waals surface area contributed by atoms with Crippen molar-refractivity contribution in [3.05, 3.63) is 54.4 Å². The number of piperidine rings is 1. The number of ether oxygens (including phenoxy) is 1. The average molecular weight is 387 g/mol. The molecule has 2 bridgehead atoms. The van der Waals surface area contributed by atoms with Gasteiger partial charge in [-0.2, -0.15) is 4.31 Å². The van der Waals surface area contributed by atoms with Crippen LogP contribution in [0, 0.1) is 0 Å². The standard InChI is InChI=1S/C21H26N2O3S/c1-15(2)16-5-9-21(10-6-16)27(24,25)23-17-7-8-18(23)13-20(12-17)26-19-4-3-11-22-14-19/h3-6,9-11,14-15,17-18,20H,7-8,12-13H2,1-2H3. The Balaban J connectivity index is 1.51. The second-order valence-corrected chi connectivity index (χ2v) is 9.69. The molecule has 1 aromatic carbocycles. The Morgan fingerprint density at radius 3 is 2.30 bits per heavy atom. The monoisotopic (exact) mass is 386 g/mol.